The van der Waals surface area contributed by atoms with Crippen molar-refractivity contribution >= 4 is 32.7 Å². The van der Waals surface area contributed by atoms with Crippen LogP contribution in [0.15, 0.2) is 28.7 Å². The lowest BCUT2D eigenvalue weighted by Crippen LogP contribution is -2.42. The number of nitrogens with zero attached hydrogens (tertiary/aromatic N) is 1. The summed E-state index contributed by atoms with van der Waals surface area (Å²) >= 11 is 3.46. The molecule has 19 heavy (non-hydrogen) atoms. The molecule has 0 aliphatic carbocycles. The normalized spacial score (nSPS) is 19.9. The number of carbonyl (C=O) groups is 1. The van der Waals surface area contributed by atoms with Crippen molar-refractivity contribution in [1.82, 2.24) is 9.88 Å². The number of piperidine rings is 1. The van der Waals surface area contributed by atoms with E-state index in [1.165, 1.54) is 6.42 Å². The molecule has 2 heterocycles. The Balaban J connectivity index is 1.92. The second kappa shape index (κ2) is 5.00. The molecule has 1 aliphatic rings. The van der Waals surface area contributed by atoms with E-state index in [2.05, 4.69) is 27.8 Å². The second-order valence-electron chi connectivity index (χ2n) is 5.26. The molecule has 0 radical (unpaired) electrons. The first-order chi connectivity index (χ1) is 9.15. The van der Waals surface area contributed by atoms with E-state index in [0.717, 1.165) is 34.8 Å². The summed E-state index contributed by atoms with van der Waals surface area (Å²) in [6, 6.07) is 8.30. The van der Waals surface area contributed by atoms with Gasteiger partial charge in [0.05, 0.1) is 0 Å². The van der Waals surface area contributed by atoms with Crippen molar-refractivity contribution in [3.05, 3.63) is 34.4 Å². The van der Waals surface area contributed by atoms with Crippen LogP contribution in [0.25, 0.3) is 10.9 Å². The maximum absolute atomic E-state index is 12.5. The van der Waals surface area contributed by atoms with Crippen LogP contribution in [0.1, 0.15) is 36.7 Å². The summed E-state index contributed by atoms with van der Waals surface area (Å²) < 4.78 is 1.03. The number of nitrogens with one attached hydrogen (secondary N) is 1. The molecule has 1 aromatic carbocycles. The summed E-state index contributed by atoms with van der Waals surface area (Å²) in [5.41, 5.74) is 1.71. The number of amides is 1. The Labute approximate surface area is 121 Å². The molecule has 1 aromatic heterocycles. The van der Waals surface area contributed by atoms with E-state index in [1.54, 1.807) is 0 Å². The second-order valence-corrected chi connectivity index (χ2v) is 6.17. The lowest BCUT2D eigenvalue weighted by atomic mass is 10.0. The summed E-state index contributed by atoms with van der Waals surface area (Å²) in [7, 11) is 0. The Hall–Kier alpha value is -1.29. The third-order valence-electron chi connectivity index (χ3n) is 3.88. The number of likely N-dealkylation sites (tertiary alicyclic amines) is 1. The quantitative estimate of drug-likeness (QED) is 0.848. The van der Waals surface area contributed by atoms with Gasteiger partial charge in [-0.25, -0.2) is 0 Å². The minimum Gasteiger partial charge on any atom is -0.351 e. The van der Waals surface area contributed by atoms with E-state index in [0.29, 0.717) is 11.7 Å². The fraction of sp³-hybridized carbons (Fsp3) is 0.400. The fourth-order valence-corrected chi connectivity index (χ4v) is 3.15. The predicted molar refractivity (Wildman–Crippen MR) is 80.3 cm³/mol. The fourth-order valence-electron chi connectivity index (χ4n) is 2.77. The van der Waals surface area contributed by atoms with Crippen LogP contribution < -0.4 is 0 Å². The smallest absolute Gasteiger partial charge is 0.270 e. The lowest BCUT2D eigenvalue weighted by molar-refractivity contribution is 0.0630. The number of carbonyl (C=O) groups excluding carboxylic acids is 1. The van der Waals surface area contributed by atoms with Gasteiger partial charge in [-0.2, -0.15) is 0 Å². The first kappa shape index (κ1) is 12.7. The minimum atomic E-state index is 0.125. The summed E-state index contributed by atoms with van der Waals surface area (Å²) in [5, 5.41) is 1.07. The predicted octanol–water partition coefficient (Wildman–Crippen LogP) is 3.95. The first-order valence-electron chi connectivity index (χ1n) is 6.74. The molecule has 0 saturated carbocycles. The molecule has 3 nitrogen and oxygen atoms in total. The zero-order chi connectivity index (χ0) is 13.4. The van der Waals surface area contributed by atoms with Gasteiger partial charge in [0.25, 0.3) is 5.91 Å². The third-order valence-corrected chi connectivity index (χ3v) is 4.37. The molecule has 1 saturated heterocycles. The van der Waals surface area contributed by atoms with Crippen LogP contribution in [-0.4, -0.2) is 28.4 Å². The van der Waals surface area contributed by atoms with Gasteiger partial charge in [-0.3, -0.25) is 4.79 Å². The van der Waals surface area contributed by atoms with Gasteiger partial charge >= 0.3 is 0 Å². The van der Waals surface area contributed by atoms with Crippen molar-refractivity contribution in [3.8, 4) is 0 Å². The zero-order valence-corrected chi connectivity index (χ0v) is 12.5. The first-order valence-corrected chi connectivity index (χ1v) is 7.54. The number of fused-ring (bicyclic) bond motifs is 1. The molecule has 2 aromatic rings. The number of aromatic amines is 1. The lowest BCUT2D eigenvalue weighted by Gasteiger charge is -2.33. The highest BCUT2D eigenvalue weighted by Crippen LogP contribution is 2.23. The van der Waals surface area contributed by atoms with Crippen LogP contribution in [0.5, 0.6) is 0 Å². The molecular weight excluding hydrogens is 304 g/mol. The standard InChI is InChI=1S/C15H17BrN2O/c1-10-4-2-3-7-18(10)15(19)14-9-11-8-12(16)5-6-13(11)17-14/h5-6,8-10,17H,2-4,7H2,1H3. The molecule has 0 bridgehead atoms. The number of H-pyrrole nitrogens is 1. The van der Waals surface area contributed by atoms with Gasteiger partial charge in [0, 0.05) is 28.0 Å². The Morgan fingerprint density at radius 1 is 1.37 bits per heavy atom. The topological polar surface area (TPSA) is 36.1 Å². The average Bonchev–Trinajstić information content (AvgIpc) is 2.81. The van der Waals surface area contributed by atoms with Crippen molar-refractivity contribution in [3.63, 3.8) is 0 Å². The minimum absolute atomic E-state index is 0.125. The van der Waals surface area contributed by atoms with E-state index in [9.17, 15) is 4.79 Å². The summed E-state index contributed by atoms with van der Waals surface area (Å²) in [6.07, 6.45) is 3.45. The molecule has 100 valence electrons. The maximum Gasteiger partial charge on any atom is 0.270 e. The largest absolute Gasteiger partial charge is 0.351 e. The van der Waals surface area contributed by atoms with E-state index < -0.39 is 0 Å². The molecule has 4 heteroatoms. The Bertz CT molecular complexity index is 620. The summed E-state index contributed by atoms with van der Waals surface area (Å²) in [4.78, 5) is 17.8. The van der Waals surface area contributed by atoms with Crippen LogP contribution in [0.3, 0.4) is 0 Å². The maximum atomic E-state index is 12.5. The summed E-state index contributed by atoms with van der Waals surface area (Å²) in [5.74, 6) is 0.125. The van der Waals surface area contributed by atoms with Crippen LogP contribution in [0.4, 0.5) is 0 Å². The van der Waals surface area contributed by atoms with Crippen LogP contribution >= 0.6 is 15.9 Å². The highest BCUT2D eigenvalue weighted by atomic mass is 79.9. The number of rotatable bonds is 1. The van der Waals surface area contributed by atoms with Crippen molar-refractivity contribution in [2.45, 2.75) is 32.2 Å². The molecule has 1 aliphatic heterocycles. The van der Waals surface area contributed by atoms with Gasteiger partial charge in [0.1, 0.15) is 5.69 Å². The zero-order valence-electron chi connectivity index (χ0n) is 10.9. The van der Waals surface area contributed by atoms with Crippen molar-refractivity contribution in [1.29, 1.82) is 0 Å². The van der Waals surface area contributed by atoms with Gasteiger partial charge in [-0.15, -0.1) is 0 Å². The number of halogens is 1. The van der Waals surface area contributed by atoms with Gasteiger partial charge < -0.3 is 9.88 Å². The number of aromatic nitrogens is 1. The highest BCUT2D eigenvalue weighted by molar-refractivity contribution is 9.10. The average molecular weight is 321 g/mol. The van der Waals surface area contributed by atoms with Crippen LogP contribution in [0, 0.1) is 0 Å². The van der Waals surface area contributed by atoms with Crippen molar-refractivity contribution in [2.24, 2.45) is 0 Å². The van der Waals surface area contributed by atoms with Crippen molar-refractivity contribution < 1.29 is 4.79 Å². The SMILES string of the molecule is CC1CCCCN1C(=O)c1cc2cc(Br)ccc2[nH]1. The monoisotopic (exact) mass is 320 g/mol. The van der Waals surface area contributed by atoms with Gasteiger partial charge in [-0.05, 0) is 50.5 Å². The van der Waals surface area contributed by atoms with Gasteiger partial charge in [0.2, 0.25) is 0 Å². The molecule has 1 unspecified atom stereocenters. The van der Waals surface area contributed by atoms with Crippen LogP contribution in [-0.2, 0) is 0 Å². The molecule has 3 rings (SSSR count). The molecule has 1 N–H and O–H groups in total. The molecule has 1 atom stereocenters. The van der Waals surface area contributed by atoms with Gasteiger partial charge in [0.15, 0.2) is 0 Å². The molecule has 0 spiro atoms. The van der Waals surface area contributed by atoms with E-state index >= 15 is 0 Å². The number of hydrogen-bond donors (Lipinski definition) is 1. The van der Waals surface area contributed by atoms with E-state index in [1.807, 2.05) is 29.2 Å². The Kier molecular flexibility index (Phi) is 3.35. The third kappa shape index (κ3) is 2.41. The van der Waals surface area contributed by atoms with Crippen LogP contribution in [0.2, 0.25) is 0 Å². The summed E-state index contributed by atoms with van der Waals surface area (Å²) in [6.45, 7) is 3.01. The Morgan fingerprint density at radius 2 is 2.21 bits per heavy atom. The highest BCUT2D eigenvalue weighted by Gasteiger charge is 2.25. The van der Waals surface area contributed by atoms with E-state index in [-0.39, 0.29) is 5.91 Å². The van der Waals surface area contributed by atoms with Crippen molar-refractivity contribution in [2.75, 3.05) is 6.54 Å². The molecule has 1 fully saturated rings. The molecular formula is C15H17BrN2O. The number of hydrogen-bond acceptors (Lipinski definition) is 1. The molecule has 1 amide bonds. The Morgan fingerprint density at radius 3 is 3.00 bits per heavy atom. The van der Waals surface area contributed by atoms with E-state index in [4.69, 9.17) is 0 Å². The van der Waals surface area contributed by atoms with Gasteiger partial charge in [-0.1, -0.05) is 15.9 Å². The number of benzene rings is 1.